The van der Waals surface area contributed by atoms with Crippen LogP contribution in [-0.2, 0) is 10.8 Å². The molecule has 0 amide bonds. The van der Waals surface area contributed by atoms with E-state index in [1.807, 2.05) is 11.3 Å². The van der Waals surface area contributed by atoms with Gasteiger partial charge in [-0.15, -0.1) is 5.98 Å². The molecule has 2 aliphatic rings. The number of hydrogen-bond acceptors (Lipinski definition) is 1. The molecule has 159 valence electrons. The molecular weight excluding hydrogens is 379 g/mol. The maximum Gasteiger partial charge on any atom is 0.194 e. The van der Waals surface area contributed by atoms with E-state index < -0.39 is 0 Å². The molecule has 30 heavy (non-hydrogen) atoms. The fourth-order valence-corrected chi connectivity index (χ4v) is 6.60. The van der Waals surface area contributed by atoms with Crippen LogP contribution in [0.15, 0.2) is 42.4 Å². The number of benzene rings is 1. The molecule has 1 heterocycles. The molecule has 3 unspecified atom stereocenters. The number of allylic oxidation sites excluding steroid dienone is 2. The van der Waals surface area contributed by atoms with Crippen LogP contribution in [0.1, 0.15) is 84.8 Å². The maximum absolute atomic E-state index is 4.41. The zero-order valence-electron chi connectivity index (χ0n) is 19.8. The van der Waals surface area contributed by atoms with Gasteiger partial charge in [-0.25, -0.2) is 0 Å². The fraction of sp³-hybridized carbons (Fsp3) is 0.571. The van der Waals surface area contributed by atoms with E-state index >= 15 is 0 Å². The molecule has 1 saturated carbocycles. The minimum atomic E-state index is 0.279. The Labute approximate surface area is 189 Å². The van der Waals surface area contributed by atoms with Gasteiger partial charge >= 0.3 is 0 Å². The third kappa shape index (κ3) is 4.09. The molecule has 2 aromatic rings. The fourth-order valence-electron chi connectivity index (χ4n) is 5.61. The van der Waals surface area contributed by atoms with E-state index in [4.69, 9.17) is 0 Å². The van der Waals surface area contributed by atoms with Crippen LogP contribution in [0.25, 0.3) is 10.1 Å². The molecule has 0 nitrogen and oxygen atoms in total. The van der Waals surface area contributed by atoms with E-state index in [1.165, 1.54) is 46.1 Å². The van der Waals surface area contributed by atoms with Crippen molar-refractivity contribution in [3.05, 3.63) is 53.5 Å². The van der Waals surface area contributed by atoms with Gasteiger partial charge in [0.25, 0.3) is 0 Å². The molecule has 1 aromatic heterocycles. The lowest BCUT2D eigenvalue weighted by Crippen LogP contribution is -2.33. The van der Waals surface area contributed by atoms with Gasteiger partial charge in [0.1, 0.15) is 0 Å². The first-order valence-electron chi connectivity index (χ1n) is 11.9. The normalized spacial score (nSPS) is 28.1. The van der Waals surface area contributed by atoms with Gasteiger partial charge in [-0.05, 0) is 100 Å². The van der Waals surface area contributed by atoms with Gasteiger partial charge in [0, 0.05) is 4.70 Å². The highest BCUT2D eigenvalue weighted by atomic mass is 32.1. The van der Waals surface area contributed by atoms with Crippen LogP contribution in [-0.4, -0.2) is 7.28 Å². The molecular formula is C28H38BS. The molecule has 0 saturated heterocycles. The zero-order valence-corrected chi connectivity index (χ0v) is 20.7. The first kappa shape index (κ1) is 21.9. The second-order valence-corrected chi connectivity index (χ2v) is 12.4. The van der Waals surface area contributed by atoms with Gasteiger partial charge in [-0.3, -0.25) is 0 Å². The number of rotatable bonds is 4. The summed E-state index contributed by atoms with van der Waals surface area (Å²) in [5, 5.41) is 1.41. The summed E-state index contributed by atoms with van der Waals surface area (Å²) < 4.78 is 2.80. The highest BCUT2D eigenvalue weighted by Gasteiger charge is 2.37. The van der Waals surface area contributed by atoms with Crippen LogP contribution in [0.3, 0.4) is 0 Å². The van der Waals surface area contributed by atoms with Crippen LogP contribution in [0.4, 0.5) is 0 Å². The molecule has 4 rings (SSSR count). The van der Waals surface area contributed by atoms with E-state index in [2.05, 4.69) is 85.7 Å². The van der Waals surface area contributed by atoms with Crippen molar-refractivity contribution < 1.29 is 0 Å². The first-order chi connectivity index (χ1) is 14.1. The lowest BCUT2D eigenvalue weighted by molar-refractivity contribution is 0.287. The van der Waals surface area contributed by atoms with E-state index in [-0.39, 0.29) is 10.8 Å². The summed E-state index contributed by atoms with van der Waals surface area (Å²) >= 11 is 1.93. The van der Waals surface area contributed by atoms with Crippen molar-refractivity contribution in [1.82, 2.24) is 0 Å². The van der Waals surface area contributed by atoms with Crippen molar-refractivity contribution in [1.29, 1.82) is 0 Å². The summed E-state index contributed by atoms with van der Waals surface area (Å²) in [5.41, 5.74) is 5.15. The third-order valence-electron chi connectivity index (χ3n) is 8.15. The standard InChI is InChI=1S/C28H38BS/c1-18-10-11-19(2)22(20(18)3)9-8-14-29-26-16-21-15-23-24(17-25(21)30-26)28(6,7)13-12-27(23,4)5/h8,14-19,22H,3,9-13H2,1-2,4-7H3/b14-8+. The predicted molar refractivity (Wildman–Crippen MR) is 136 cm³/mol. The van der Waals surface area contributed by atoms with Gasteiger partial charge in [0.2, 0.25) is 0 Å². The molecule has 1 fully saturated rings. The Morgan fingerprint density at radius 3 is 2.40 bits per heavy atom. The van der Waals surface area contributed by atoms with Gasteiger partial charge in [0.05, 0.1) is 0 Å². The Morgan fingerprint density at radius 1 is 1.03 bits per heavy atom. The third-order valence-corrected chi connectivity index (χ3v) is 9.21. The van der Waals surface area contributed by atoms with Crippen LogP contribution >= 0.6 is 11.3 Å². The Morgan fingerprint density at radius 2 is 1.70 bits per heavy atom. The van der Waals surface area contributed by atoms with Crippen LogP contribution in [0, 0.1) is 17.8 Å². The summed E-state index contributed by atoms with van der Waals surface area (Å²) in [6.07, 6.45) is 8.69. The molecule has 2 heteroatoms. The van der Waals surface area contributed by atoms with E-state index in [0.717, 1.165) is 12.3 Å². The Bertz CT molecular complexity index is 921. The summed E-state index contributed by atoms with van der Waals surface area (Å²) in [6, 6.07) is 7.36. The largest absolute Gasteiger partial charge is 0.194 e. The number of hydrogen-bond donors (Lipinski definition) is 0. The van der Waals surface area contributed by atoms with Crippen molar-refractivity contribution in [2.24, 2.45) is 17.8 Å². The highest BCUT2D eigenvalue weighted by Crippen LogP contribution is 2.47. The zero-order chi connectivity index (χ0) is 21.7. The van der Waals surface area contributed by atoms with Gasteiger partial charge in [0.15, 0.2) is 7.28 Å². The average molecular weight is 417 g/mol. The van der Waals surface area contributed by atoms with Crippen LogP contribution < -0.4 is 4.78 Å². The van der Waals surface area contributed by atoms with Gasteiger partial charge < -0.3 is 0 Å². The Hall–Kier alpha value is -1.28. The van der Waals surface area contributed by atoms with Gasteiger partial charge in [-0.2, -0.15) is 11.3 Å². The minimum absolute atomic E-state index is 0.279. The molecule has 2 aliphatic carbocycles. The van der Waals surface area contributed by atoms with E-state index in [1.54, 1.807) is 11.1 Å². The number of thiophene rings is 1. The van der Waals surface area contributed by atoms with E-state index in [9.17, 15) is 0 Å². The maximum atomic E-state index is 4.41. The molecule has 3 atom stereocenters. The average Bonchev–Trinajstić information content (AvgIpc) is 3.09. The number of fused-ring (bicyclic) bond motifs is 2. The first-order valence-corrected chi connectivity index (χ1v) is 12.7. The summed E-state index contributed by atoms with van der Waals surface area (Å²) in [4.78, 5) is 0. The summed E-state index contributed by atoms with van der Waals surface area (Å²) in [5.74, 6) is 4.38. The van der Waals surface area contributed by atoms with Crippen molar-refractivity contribution in [3.63, 3.8) is 0 Å². The van der Waals surface area contributed by atoms with Crippen molar-refractivity contribution >= 4 is 33.5 Å². The SMILES string of the molecule is C=C1C(C)CCC(C)C1C/C=C/[B]c1cc2cc3c(cc2s1)C(C)(C)CCC3(C)C. The lowest BCUT2D eigenvalue weighted by atomic mass is 9.63. The molecule has 1 aromatic carbocycles. The molecule has 0 N–H and O–H groups in total. The summed E-state index contributed by atoms with van der Waals surface area (Å²) in [7, 11) is 2.31. The highest BCUT2D eigenvalue weighted by molar-refractivity contribution is 7.27. The van der Waals surface area contributed by atoms with Crippen molar-refractivity contribution in [2.75, 3.05) is 0 Å². The molecule has 0 aliphatic heterocycles. The summed E-state index contributed by atoms with van der Waals surface area (Å²) in [6.45, 7) is 18.8. The molecule has 0 bridgehead atoms. The van der Waals surface area contributed by atoms with Gasteiger partial charge in [-0.1, -0.05) is 59.8 Å². The Kier molecular flexibility index (Phi) is 5.86. The molecule has 0 spiro atoms. The van der Waals surface area contributed by atoms with E-state index in [0.29, 0.717) is 11.8 Å². The Balaban J connectivity index is 1.51. The van der Waals surface area contributed by atoms with Crippen molar-refractivity contribution in [3.8, 4) is 0 Å². The second kappa shape index (κ2) is 8.01. The predicted octanol–water partition coefficient (Wildman–Crippen LogP) is 7.72. The smallest absolute Gasteiger partial charge is 0.151 e. The van der Waals surface area contributed by atoms with Crippen LogP contribution in [0.5, 0.6) is 0 Å². The molecule has 1 radical (unpaired) electrons. The van der Waals surface area contributed by atoms with Crippen molar-refractivity contribution in [2.45, 2.75) is 84.5 Å². The monoisotopic (exact) mass is 417 g/mol. The topological polar surface area (TPSA) is 0 Å². The lowest BCUT2D eigenvalue weighted by Gasteiger charge is -2.41. The van der Waals surface area contributed by atoms with Crippen LogP contribution in [0.2, 0.25) is 0 Å². The quantitative estimate of drug-likeness (QED) is 0.353. The second-order valence-electron chi connectivity index (χ2n) is 11.3. The minimum Gasteiger partial charge on any atom is -0.151 e.